The Balaban J connectivity index is 1.96. The molecule has 0 spiro atoms. The predicted molar refractivity (Wildman–Crippen MR) is 80.0 cm³/mol. The van der Waals surface area contributed by atoms with Gasteiger partial charge in [0.25, 0.3) is 5.91 Å². The van der Waals surface area contributed by atoms with Crippen LogP contribution < -0.4 is 14.8 Å². The van der Waals surface area contributed by atoms with Crippen LogP contribution in [0.5, 0.6) is 17.2 Å². The van der Waals surface area contributed by atoms with Crippen molar-refractivity contribution in [3.8, 4) is 17.2 Å². The number of aromatic hydroxyl groups is 1. The summed E-state index contributed by atoms with van der Waals surface area (Å²) < 4.78 is 10.5. The van der Waals surface area contributed by atoms with Gasteiger partial charge < -0.3 is 19.9 Å². The first-order valence-electron chi connectivity index (χ1n) is 6.45. The SMILES string of the molecule is COc1ccccc1NC(=O)COc1cc(C)cc(O)c1. The third kappa shape index (κ3) is 4.14. The minimum absolute atomic E-state index is 0.107. The number of amides is 1. The summed E-state index contributed by atoms with van der Waals surface area (Å²) in [4.78, 5) is 11.9. The van der Waals surface area contributed by atoms with Crippen molar-refractivity contribution >= 4 is 11.6 Å². The van der Waals surface area contributed by atoms with Crippen LogP contribution in [0.3, 0.4) is 0 Å². The number of aryl methyl sites for hydroxylation is 1. The third-order valence-electron chi connectivity index (χ3n) is 2.79. The molecule has 5 heteroatoms. The van der Waals surface area contributed by atoms with Gasteiger partial charge >= 0.3 is 0 Å². The highest BCUT2D eigenvalue weighted by molar-refractivity contribution is 5.93. The van der Waals surface area contributed by atoms with Gasteiger partial charge in [0.2, 0.25) is 0 Å². The molecule has 5 nitrogen and oxygen atoms in total. The van der Waals surface area contributed by atoms with Gasteiger partial charge in [-0.25, -0.2) is 0 Å². The molecule has 0 bridgehead atoms. The Labute approximate surface area is 123 Å². The van der Waals surface area contributed by atoms with Gasteiger partial charge in [-0.2, -0.15) is 0 Å². The van der Waals surface area contributed by atoms with E-state index in [1.54, 1.807) is 30.3 Å². The summed E-state index contributed by atoms with van der Waals surface area (Å²) in [5.41, 5.74) is 1.44. The van der Waals surface area contributed by atoms with Gasteiger partial charge in [0.1, 0.15) is 17.2 Å². The van der Waals surface area contributed by atoms with Crippen LogP contribution in [0.2, 0.25) is 0 Å². The van der Waals surface area contributed by atoms with Crippen LogP contribution in [0.1, 0.15) is 5.56 Å². The molecule has 0 aromatic heterocycles. The van der Waals surface area contributed by atoms with E-state index in [-0.39, 0.29) is 18.3 Å². The summed E-state index contributed by atoms with van der Waals surface area (Å²) in [7, 11) is 1.54. The van der Waals surface area contributed by atoms with E-state index in [2.05, 4.69) is 5.32 Å². The summed E-state index contributed by atoms with van der Waals surface area (Å²) in [6.45, 7) is 1.68. The Hall–Kier alpha value is -2.69. The highest BCUT2D eigenvalue weighted by atomic mass is 16.5. The molecule has 0 radical (unpaired) electrons. The highest BCUT2D eigenvalue weighted by Gasteiger charge is 2.08. The number of carbonyl (C=O) groups is 1. The number of ether oxygens (including phenoxy) is 2. The van der Waals surface area contributed by atoms with Crippen molar-refractivity contribution in [2.45, 2.75) is 6.92 Å². The van der Waals surface area contributed by atoms with Gasteiger partial charge in [-0.15, -0.1) is 0 Å². The lowest BCUT2D eigenvalue weighted by atomic mass is 10.2. The average Bonchev–Trinajstić information content (AvgIpc) is 2.45. The molecule has 0 fully saturated rings. The molecule has 0 aliphatic heterocycles. The van der Waals surface area contributed by atoms with Gasteiger partial charge in [-0.3, -0.25) is 4.79 Å². The number of nitrogens with one attached hydrogen (secondary N) is 1. The van der Waals surface area contributed by atoms with Crippen LogP contribution in [0.15, 0.2) is 42.5 Å². The fourth-order valence-electron chi connectivity index (χ4n) is 1.89. The molecule has 110 valence electrons. The summed E-state index contributed by atoms with van der Waals surface area (Å²) in [5.74, 6) is 0.831. The molecule has 2 N–H and O–H groups in total. The minimum Gasteiger partial charge on any atom is -0.508 e. The Morgan fingerprint density at radius 2 is 2.00 bits per heavy atom. The monoisotopic (exact) mass is 287 g/mol. The van der Waals surface area contributed by atoms with E-state index in [1.807, 2.05) is 13.0 Å². The molecule has 0 aliphatic rings. The van der Waals surface area contributed by atoms with E-state index >= 15 is 0 Å². The summed E-state index contributed by atoms with van der Waals surface area (Å²) in [5, 5.41) is 12.2. The van der Waals surface area contributed by atoms with Gasteiger partial charge in [0, 0.05) is 6.07 Å². The number of hydrogen-bond acceptors (Lipinski definition) is 4. The Morgan fingerprint density at radius 3 is 2.71 bits per heavy atom. The fourth-order valence-corrected chi connectivity index (χ4v) is 1.89. The zero-order valence-corrected chi connectivity index (χ0v) is 11.9. The molecule has 21 heavy (non-hydrogen) atoms. The van der Waals surface area contributed by atoms with Crippen molar-refractivity contribution in [1.82, 2.24) is 0 Å². The smallest absolute Gasteiger partial charge is 0.262 e. The van der Waals surface area contributed by atoms with Crippen molar-refractivity contribution in [2.24, 2.45) is 0 Å². The van der Waals surface area contributed by atoms with E-state index in [0.717, 1.165) is 5.56 Å². The van der Waals surface area contributed by atoms with Gasteiger partial charge in [0.05, 0.1) is 12.8 Å². The van der Waals surface area contributed by atoms with Gasteiger partial charge in [0.15, 0.2) is 6.61 Å². The summed E-state index contributed by atoms with van der Waals surface area (Å²) in [6, 6.07) is 11.9. The number of anilines is 1. The number of phenolic OH excluding ortho intramolecular Hbond substituents is 1. The van der Waals surface area contributed by atoms with E-state index < -0.39 is 0 Å². The molecule has 0 unspecified atom stereocenters. The zero-order valence-electron chi connectivity index (χ0n) is 11.9. The molecule has 0 saturated heterocycles. The van der Waals surface area contributed by atoms with Gasteiger partial charge in [-0.05, 0) is 36.8 Å². The van der Waals surface area contributed by atoms with Crippen molar-refractivity contribution in [1.29, 1.82) is 0 Å². The average molecular weight is 287 g/mol. The molecular weight excluding hydrogens is 270 g/mol. The van der Waals surface area contributed by atoms with Crippen LogP contribution in [-0.2, 0) is 4.79 Å². The third-order valence-corrected chi connectivity index (χ3v) is 2.79. The molecule has 0 saturated carbocycles. The second-order valence-corrected chi connectivity index (χ2v) is 4.54. The van der Waals surface area contributed by atoms with E-state index in [4.69, 9.17) is 9.47 Å². The lowest BCUT2D eigenvalue weighted by Crippen LogP contribution is -2.20. The first kappa shape index (κ1) is 14.7. The van der Waals surface area contributed by atoms with Crippen LogP contribution in [0.25, 0.3) is 0 Å². The van der Waals surface area contributed by atoms with E-state index in [9.17, 15) is 9.90 Å². The lowest BCUT2D eigenvalue weighted by molar-refractivity contribution is -0.118. The number of phenols is 1. The molecular formula is C16H17NO4. The maximum atomic E-state index is 11.9. The first-order chi connectivity index (χ1) is 10.1. The summed E-state index contributed by atoms with van der Waals surface area (Å²) in [6.07, 6.45) is 0. The number of benzene rings is 2. The zero-order chi connectivity index (χ0) is 15.2. The number of methoxy groups -OCH3 is 1. The van der Waals surface area contributed by atoms with Crippen LogP contribution in [0, 0.1) is 6.92 Å². The van der Waals surface area contributed by atoms with Gasteiger partial charge in [-0.1, -0.05) is 12.1 Å². The fraction of sp³-hybridized carbons (Fsp3) is 0.188. The Morgan fingerprint density at radius 1 is 1.24 bits per heavy atom. The second-order valence-electron chi connectivity index (χ2n) is 4.54. The normalized spacial score (nSPS) is 10.0. The van der Waals surface area contributed by atoms with Crippen molar-refractivity contribution in [3.63, 3.8) is 0 Å². The van der Waals surface area contributed by atoms with Crippen molar-refractivity contribution in [3.05, 3.63) is 48.0 Å². The van der Waals surface area contributed by atoms with Crippen molar-refractivity contribution < 1.29 is 19.4 Å². The maximum Gasteiger partial charge on any atom is 0.262 e. The topological polar surface area (TPSA) is 67.8 Å². The molecule has 2 aromatic carbocycles. The second kappa shape index (κ2) is 6.65. The highest BCUT2D eigenvalue weighted by Crippen LogP contribution is 2.23. The maximum absolute atomic E-state index is 11.9. The Bertz CT molecular complexity index is 620. The van der Waals surface area contributed by atoms with Crippen LogP contribution >= 0.6 is 0 Å². The number of carbonyl (C=O) groups excluding carboxylic acids is 1. The number of rotatable bonds is 5. The van der Waals surface area contributed by atoms with Crippen LogP contribution in [0.4, 0.5) is 5.69 Å². The largest absolute Gasteiger partial charge is 0.508 e. The lowest BCUT2D eigenvalue weighted by Gasteiger charge is -2.11. The summed E-state index contributed by atoms with van der Waals surface area (Å²) >= 11 is 0. The molecule has 2 aromatic rings. The Kier molecular flexibility index (Phi) is 4.66. The molecule has 0 aliphatic carbocycles. The first-order valence-corrected chi connectivity index (χ1v) is 6.45. The molecule has 0 atom stereocenters. The number of hydrogen-bond donors (Lipinski definition) is 2. The van der Waals surface area contributed by atoms with Crippen molar-refractivity contribution in [2.75, 3.05) is 19.0 Å². The van der Waals surface area contributed by atoms with E-state index in [0.29, 0.717) is 17.2 Å². The van der Waals surface area contributed by atoms with E-state index in [1.165, 1.54) is 13.2 Å². The molecule has 2 rings (SSSR count). The molecule has 0 heterocycles. The quantitative estimate of drug-likeness (QED) is 0.887. The standard InChI is InChI=1S/C16H17NO4/c1-11-7-12(18)9-13(8-11)21-10-16(19)17-14-5-3-4-6-15(14)20-2/h3-9,18H,10H2,1-2H3,(H,17,19). The minimum atomic E-state index is -0.305. The number of para-hydroxylation sites is 2. The molecule has 1 amide bonds. The van der Waals surface area contributed by atoms with Crippen LogP contribution in [-0.4, -0.2) is 24.7 Å². The predicted octanol–water partition coefficient (Wildman–Crippen LogP) is 2.73.